The number of hydrogen-bond acceptors (Lipinski definition) is 12. The molecular weight excluding hydrogens is 577 g/mol. The van der Waals surface area contributed by atoms with Crippen molar-refractivity contribution >= 4 is 68.2 Å². The molecule has 0 radical (unpaired) electrons. The van der Waals surface area contributed by atoms with E-state index in [4.69, 9.17) is 16.3 Å². The number of nitrogen functional groups attached to an aromatic ring is 2. The van der Waals surface area contributed by atoms with Crippen LogP contribution < -0.4 is 16.8 Å². The highest BCUT2D eigenvalue weighted by Crippen LogP contribution is 2.43. The van der Waals surface area contributed by atoms with E-state index in [0.29, 0.717) is 29.2 Å². The molecular formula is C24H29N8O5S3+. The number of β-lactam (4-membered cyclic amide) rings is 1. The first kappa shape index (κ1) is 27.0. The van der Waals surface area contributed by atoms with Crippen LogP contribution in [0.25, 0.3) is 0 Å². The van der Waals surface area contributed by atoms with E-state index in [1.54, 1.807) is 10.8 Å². The zero-order valence-corrected chi connectivity index (χ0v) is 23.9. The van der Waals surface area contributed by atoms with Crippen LogP contribution in [0.5, 0.6) is 0 Å². The normalized spacial score (nSPS) is 27.8. The third-order valence-corrected chi connectivity index (χ3v) is 10.8. The minimum Gasteiger partial charge on any atom is -0.477 e. The molecule has 16 heteroatoms. The quantitative estimate of drug-likeness (QED) is 0.140. The minimum absolute atomic E-state index is 0.0187. The Balaban J connectivity index is 1.18. The predicted molar refractivity (Wildman–Crippen MR) is 151 cm³/mol. The number of nitrogens with one attached hydrogen (secondary N) is 1. The molecule has 2 amide bonds. The van der Waals surface area contributed by atoms with Crippen molar-refractivity contribution in [2.45, 2.75) is 49.7 Å². The molecule has 0 saturated carbocycles. The molecule has 0 aromatic carbocycles. The summed E-state index contributed by atoms with van der Waals surface area (Å²) in [6.45, 7) is 2.76. The number of quaternary nitrogens is 1. The van der Waals surface area contributed by atoms with E-state index < -0.39 is 29.2 Å². The summed E-state index contributed by atoms with van der Waals surface area (Å²) in [5, 5.41) is 20.2. The number of aromatic nitrogens is 2. The lowest BCUT2D eigenvalue weighted by Gasteiger charge is -2.50. The summed E-state index contributed by atoms with van der Waals surface area (Å²) in [6.07, 6.45) is 4.67. The second-order valence-corrected chi connectivity index (χ2v) is 13.2. The molecule has 212 valence electrons. The summed E-state index contributed by atoms with van der Waals surface area (Å²) < 4.78 is 0.934. The van der Waals surface area contributed by atoms with E-state index in [0.717, 1.165) is 47.3 Å². The fourth-order valence-electron chi connectivity index (χ4n) is 6.29. The number of hydrogen-bond donors (Lipinski definition) is 4. The van der Waals surface area contributed by atoms with Crippen LogP contribution in [0.1, 0.15) is 37.1 Å². The molecule has 2 aromatic heterocycles. The van der Waals surface area contributed by atoms with Crippen molar-refractivity contribution in [2.75, 3.05) is 36.9 Å². The molecule has 4 aliphatic rings. The first-order chi connectivity index (χ1) is 19.3. The summed E-state index contributed by atoms with van der Waals surface area (Å²) in [6, 6.07) is -0.330. The largest absolute Gasteiger partial charge is 0.477 e. The summed E-state index contributed by atoms with van der Waals surface area (Å²) in [7, 11) is 0. The molecule has 0 aliphatic carbocycles. The number of nitrogens with zero attached hydrogens (tertiary/aromatic N) is 5. The van der Waals surface area contributed by atoms with Crippen LogP contribution in [0.3, 0.4) is 0 Å². The maximum absolute atomic E-state index is 13.3. The highest BCUT2D eigenvalue weighted by atomic mass is 32.2. The van der Waals surface area contributed by atoms with Crippen LogP contribution >= 0.6 is 34.4 Å². The second kappa shape index (κ2) is 10.6. The van der Waals surface area contributed by atoms with Gasteiger partial charge in [-0.3, -0.25) is 14.5 Å². The molecule has 6 heterocycles. The Kier molecular flexibility index (Phi) is 7.18. The monoisotopic (exact) mass is 605 g/mol. The lowest BCUT2D eigenvalue weighted by atomic mass is 10.0. The Hall–Kier alpha value is -3.21. The molecule has 0 unspecified atom stereocenters. The summed E-state index contributed by atoms with van der Waals surface area (Å²) in [5.41, 5.74) is 12.9. The van der Waals surface area contributed by atoms with Crippen LogP contribution in [0.4, 0.5) is 10.3 Å². The summed E-state index contributed by atoms with van der Waals surface area (Å²) in [4.78, 5) is 53.9. The standard InChI is InChI=1S/C24H28N8O5S3/c25-23-27-13(10-39-23)8-37-30-16(15-11-40-24(26)28-15)19(33)29-17-20(34)31-18(22(35)36)12(9-38-21(17)31)7-32-5-1-3-14(32)4-2-6-32/h10-11,14,17,21H,1-9H2,(H5-,25,26,27,28,29,33,35,36)/p+1/b30-16-/t14?,17-,21-,32?/m1/s1. The van der Waals surface area contributed by atoms with Crippen LogP contribution in [0, 0.1) is 0 Å². The number of thioether (sulfide) groups is 1. The summed E-state index contributed by atoms with van der Waals surface area (Å²) >= 11 is 3.86. The number of fused-ring (bicyclic) bond motifs is 2. The number of aliphatic carboxylic acids is 1. The Labute approximate surface area is 241 Å². The van der Waals surface area contributed by atoms with Crippen molar-refractivity contribution in [3.8, 4) is 0 Å². The van der Waals surface area contributed by atoms with E-state index in [-0.39, 0.29) is 28.8 Å². The van der Waals surface area contributed by atoms with Gasteiger partial charge in [0.15, 0.2) is 22.6 Å². The maximum Gasteiger partial charge on any atom is 0.352 e. The minimum atomic E-state index is -1.11. The average molecular weight is 606 g/mol. The Bertz CT molecular complexity index is 1410. The van der Waals surface area contributed by atoms with Crippen LogP contribution in [0.2, 0.25) is 0 Å². The topological polar surface area (TPSA) is 186 Å². The van der Waals surface area contributed by atoms with Crippen molar-refractivity contribution in [3.05, 3.63) is 33.4 Å². The number of anilines is 2. The number of amides is 2. The van der Waals surface area contributed by atoms with Gasteiger partial charge < -0.3 is 31.2 Å². The SMILES string of the molecule is Nc1nc(CO/N=C(\C(=O)N[C@@H]2C(=O)N3C(C(=O)O)=C(C[N+]45CCCC4CCC5)CS[C@H]23)c2csc(N)n2)cs1. The molecule has 6 N–H and O–H groups in total. The van der Waals surface area contributed by atoms with Gasteiger partial charge in [0.2, 0.25) is 0 Å². The van der Waals surface area contributed by atoms with Gasteiger partial charge in [-0.15, -0.1) is 34.4 Å². The molecule has 3 saturated heterocycles. The number of oxime groups is 1. The molecule has 2 aromatic rings. The van der Waals surface area contributed by atoms with Crippen LogP contribution in [0.15, 0.2) is 27.2 Å². The zero-order chi connectivity index (χ0) is 28.0. The lowest BCUT2D eigenvalue weighted by Crippen LogP contribution is -2.71. The number of thiazole rings is 2. The zero-order valence-electron chi connectivity index (χ0n) is 21.4. The van der Waals surface area contributed by atoms with Gasteiger partial charge in [-0.25, -0.2) is 14.8 Å². The first-order valence-corrected chi connectivity index (χ1v) is 15.7. The van der Waals surface area contributed by atoms with Crippen molar-refractivity contribution in [3.63, 3.8) is 0 Å². The first-order valence-electron chi connectivity index (χ1n) is 12.9. The molecule has 6 rings (SSSR count). The molecule has 3 fully saturated rings. The number of carbonyl (C=O) groups excluding carboxylic acids is 2. The second-order valence-electron chi connectivity index (χ2n) is 10.3. The predicted octanol–water partition coefficient (Wildman–Crippen LogP) is 1.20. The Morgan fingerprint density at radius 2 is 1.90 bits per heavy atom. The number of rotatable bonds is 9. The van der Waals surface area contributed by atoms with Crippen molar-refractivity contribution < 1.29 is 28.8 Å². The van der Waals surface area contributed by atoms with Gasteiger partial charge in [-0.2, -0.15) is 0 Å². The van der Waals surface area contributed by atoms with E-state index in [2.05, 4.69) is 20.4 Å². The van der Waals surface area contributed by atoms with E-state index in [9.17, 15) is 19.5 Å². The van der Waals surface area contributed by atoms with E-state index in [1.165, 1.54) is 40.8 Å². The smallest absolute Gasteiger partial charge is 0.352 e. The summed E-state index contributed by atoms with van der Waals surface area (Å²) in [5.74, 6) is -1.75. The van der Waals surface area contributed by atoms with Crippen LogP contribution in [-0.4, -0.2) is 90.8 Å². The lowest BCUT2D eigenvalue weighted by molar-refractivity contribution is -0.922. The van der Waals surface area contributed by atoms with Crippen LogP contribution in [-0.2, 0) is 25.8 Å². The van der Waals surface area contributed by atoms with Gasteiger partial charge in [0.1, 0.15) is 29.4 Å². The van der Waals surface area contributed by atoms with E-state index in [1.807, 2.05) is 0 Å². The van der Waals surface area contributed by atoms with Gasteiger partial charge in [-0.05, 0) is 0 Å². The Morgan fingerprint density at radius 1 is 1.18 bits per heavy atom. The third-order valence-electron chi connectivity index (χ3n) is 8.02. The highest BCUT2D eigenvalue weighted by Gasteiger charge is 2.56. The van der Waals surface area contributed by atoms with Gasteiger partial charge in [0, 0.05) is 47.8 Å². The number of nitrogens with two attached hydrogens (primary N) is 2. The van der Waals surface area contributed by atoms with Gasteiger partial charge in [0.25, 0.3) is 11.8 Å². The highest BCUT2D eigenvalue weighted by molar-refractivity contribution is 8.00. The number of carboxylic acids is 1. The third kappa shape index (κ3) is 4.82. The van der Waals surface area contributed by atoms with Gasteiger partial charge >= 0.3 is 5.97 Å². The molecule has 4 aliphatic heterocycles. The van der Waals surface area contributed by atoms with Gasteiger partial charge in [-0.1, -0.05) is 5.16 Å². The average Bonchev–Trinajstić information content (AvgIpc) is 3.70. The number of carbonyl (C=O) groups is 3. The molecule has 13 nitrogen and oxygen atoms in total. The van der Waals surface area contributed by atoms with Gasteiger partial charge in [0.05, 0.1) is 24.8 Å². The molecule has 0 spiro atoms. The Morgan fingerprint density at radius 3 is 2.55 bits per heavy atom. The molecule has 0 bridgehead atoms. The van der Waals surface area contributed by atoms with Crippen molar-refractivity contribution in [2.24, 2.45) is 5.16 Å². The fourth-order valence-corrected chi connectivity index (χ4v) is 8.72. The van der Waals surface area contributed by atoms with Crippen molar-refractivity contribution in [1.82, 2.24) is 20.2 Å². The molecule has 2 atom stereocenters. The molecule has 40 heavy (non-hydrogen) atoms. The van der Waals surface area contributed by atoms with Crippen molar-refractivity contribution in [1.29, 1.82) is 0 Å². The fraction of sp³-hybridized carbons (Fsp3) is 0.500. The maximum atomic E-state index is 13.3. The number of carboxylic acid groups (broad SMARTS) is 1. The van der Waals surface area contributed by atoms with E-state index >= 15 is 0 Å².